The smallest absolute Gasteiger partial charge is 0.110 e. The highest BCUT2D eigenvalue weighted by molar-refractivity contribution is 7.10. The van der Waals surface area contributed by atoms with Crippen LogP contribution in [0.15, 0.2) is 35.7 Å². The molecule has 1 N–H and O–H groups in total. The van der Waals surface area contributed by atoms with Crippen LogP contribution in [0.2, 0.25) is 0 Å². The highest BCUT2D eigenvalue weighted by Crippen LogP contribution is 2.24. The quantitative estimate of drug-likeness (QED) is 0.840. The lowest BCUT2D eigenvalue weighted by Crippen LogP contribution is -2.18. The number of rotatable bonds is 4. The van der Waals surface area contributed by atoms with Crippen LogP contribution < -0.4 is 5.32 Å². The molecule has 0 radical (unpaired) electrons. The molecule has 1 aromatic heterocycles. The van der Waals surface area contributed by atoms with Crippen LogP contribution >= 0.6 is 11.3 Å². The van der Waals surface area contributed by atoms with Gasteiger partial charge in [0, 0.05) is 10.9 Å². The molecule has 0 fully saturated rings. The minimum Gasteiger partial charge on any atom is -0.296 e. The highest BCUT2D eigenvalue weighted by Gasteiger charge is 2.10. The van der Waals surface area contributed by atoms with E-state index in [-0.39, 0.29) is 6.04 Å². The average molecular weight is 243 g/mol. The van der Waals surface area contributed by atoms with Crippen molar-refractivity contribution >= 4 is 11.3 Å². The van der Waals surface area contributed by atoms with Crippen LogP contribution in [-0.4, -0.2) is 11.5 Å². The Morgan fingerprint density at radius 1 is 1.41 bits per heavy atom. The second kappa shape index (κ2) is 5.58. The molecular formula is C13H13N3S. The van der Waals surface area contributed by atoms with Crippen molar-refractivity contribution in [3.63, 3.8) is 0 Å². The first-order valence-electron chi connectivity index (χ1n) is 5.42. The summed E-state index contributed by atoms with van der Waals surface area (Å²) in [6, 6.07) is 12.3. The zero-order valence-electron chi connectivity index (χ0n) is 9.55. The summed E-state index contributed by atoms with van der Waals surface area (Å²) in [6.45, 7) is 2.37. The number of nitrogens with zero attached hydrogens (tertiary/aromatic N) is 2. The van der Waals surface area contributed by atoms with Crippen LogP contribution in [0.3, 0.4) is 0 Å². The summed E-state index contributed by atoms with van der Waals surface area (Å²) in [4.78, 5) is 4.58. The second-order valence-corrected chi connectivity index (χ2v) is 4.59. The number of nitrogens with one attached hydrogen (secondary N) is 1. The van der Waals surface area contributed by atoms with Crippen LogP contribution in [0.1, 0.15) is 18.0 Å². The lowest BCUT2D eigenvalue weighted by atomic mass is 10.2. The fourth-order valence-corrected chi connectivity index (χ4v) is 2.37. The monoisotopic (exact) mass is 243 g/mol. The third-order valence-electron chi connectivity index (χ3n) is 2.45. The Labute approximate surface area is 105 Å². The minimum atomic E-state index is 0.122. The standard InChI is InChI=1S/C13H13N3S/c1-10(15-8-7-14)13-16-12(9-17-13)11-5-3-2-4-6-11/h2-6,9-10,15H,8H2,1H3. The molecule has 0 amide bonds. The minimum absolute atomic E-state index is 0.122. The van der Waals surface area contributed by atoms with Gasteiger partial charge in [-0.2, -0.15) is 5.26 Å². The van der Waals surface area contributed by atoms with E-state index in [1.807, 2.05) is 37.3 Å². The fourth-order valence-electron chi connectivity index (χ4n) is 1.51. The SMILES string of the molecule is CC(NCC#N)c1nc(-c2ccccc2)cs1. The van der Waals surface area contributed by atoms with Gasteiger partial charge in [0.05, 0.1) is 24.3 Å². The lowest BCUT2D eigenvalue weighted by Gasteiger charge is -2.06. The molecule has 0 saturated carbocycles. The van der Waals surface area contributed by atoms with Gasteiger partial charge in [-0.05, 0) is 6.92 Å². The summed E-state index contributed by atoms with van der Waals surface area (Å²) in [5.74, 6) is 0. The van der Waals surface area contributed by atoms with Crippen molar-refractivity contribution in [1.82, 2.24) is 10.3 Å². The number of aromatic nitrogens is 1. The summed E-state index contributed by atoms with van der Waals surface area (Å²) < 4.78 is 0. The first-order valence-corrected chi connectivity index (χ1v) is 6.30. The number of hydrogen-bond donors (Lipinski definition) is 1. The van der Waals surface area contributed by atoms with Gasteiger partial charge in [-0.25, -0.2) is 4.98 Å². The molecule has 2 aromatic rings. The largest absolute Gasteiger partial charge is 0.296 e. The summed E-state index contributed by atoms with van der Waals surface area (Å²) >= 11 is 1.62. The third kappa shape index (κ3) is 2.90. The van der Waals surface area contributed by atoms with E-state index in [0.29, 0.717) is 6.54 Å². The van der Waals surface area contributed by atoms with Crippen molar-refractivity contribution in [2.24, 2.45) is 0 Å². The van der Waals surface area contributed by atoms with Gasteiger partial charge in [0.25, 0.3) is 0 Å². The van der Waals surface area contributed by atoms with Gasteiger partial charge in [0.15, 0.2) is 0 Å². The fraction of sp³-hybridized carbons (Fsp3) is 0.231. The van der Waals surface area contributed by atoms with Crippen molar-refractivity contribution in [2.75, 3.05) is 6.54 Å². The van der Waals surface area contributed by atoms with E-state index in [9.17, 15) is 0 Å². The zero-order valence-corrected chi connectivity index (χ0v) is 10.4. The number of hydrogen-bond acceptors (Lipinski definition) is 4. The average Bonchev–Trinajstić information content (AvgIpc) is 2.86. The second-order valence-electron chi connectivity index (χ2n) is 3.70. The van der Waals surface area contributed by atoms with E-state index in [1.165, 1.54) is 0 Å². The van der Waals surface area contributed by atoms with Gasteiger partial charge in [-0.1, -0.05) is 30.3 Å². The maximum absolute atomic E-state index is 8.52. The van der Waals surface area contributed by atoms with Gasteiger partial charge >= 0.3 is 0 Å². The Hall–Kier alpha value is -1.70. The molecule has 0 bridgehead atoms. The molecule has 2 rings (SSSR count). The predicted molar refractivity (Wildman–Crippen MR) is 69.6 cm³/mol. The molecule has 0 aliphatic heterocycles. The molecule has 0 aliphatic rings. The van der Waals surface area contributed by atoms with E-state index in [0.717, 1.165) is 16.3 Å². The summed E-state index contributed by atoms with van der Waals surface area (Å²) in [5.41, 5.74) is 2.12. The van der Waals surface area contributed by atoms with Crippen LogP contribution in [-0.2, 0) is 0 Å². The molecule has 1 aromatic carbocycles. The first kappa shape index (κ1) is 11.8. The topological polar surface area (TPSA) is 48.7 Å². The summed E-state index contributed by atoms with van der Waals surface area (Å²) in [5, 5.41) is 14.7. The van der Waals surface area contributed by atoms with Crippen molar-refractivity contribution in [1.29, 1.82) is 5.26 Å². The molecular weight excluding hydrogens is 230 g/mol. The molecule has 0 spiro atoms. The normalized spacial score (nSPS) is 12.0. The van der Waals surface area contributed by atoms with Crippen molar-refractivity contribution < 1.29 is 0 Å². The number of benzene rings is 1. The van der Waals surface area contributed by atoms with Gasteiger partial charge in [0.1, 0.15) is 5.01 Å². The predicted octanol–water partition coefficient (Wildman–Crippen LogP) is 2.98. The first-order chi connectivity index (χ1) is 8.31. The van der Waals surface area contributed by atoms with E-state index in [2.05, 4.69) is 21.8 Å². The van der Waals surface area contributed by atoms with Gasteiger partial charge in [0.2, 0.25) is 0 Å². The van der Waals surface area contributed by atoms with E-state index in [1.54, 1.807) is 11.3 Å². The summed E-state index contributed by atoms with van der Waals surface area (Å²) in [6.07, 6.45) is 0. The Morgan fingerprint density at radius 3 is 2.88 bits per heavy atom. The maximum Gasteiger partial charge on any atom is 0.110 e. The lowest BCUT2D eigenvalue weighted by molar-refractivity contribution is 0.617. The van der Waals surface area contributed by atoms with E-state index < -0.39 is 0 Å². The molecule has 0 aliphatic carbocycles. The van der Waals surface area contributed by atoms with E-state index in [4.69, 9.17) is 5.26 Å². The van der Waals surface area contributed by atoms with Crippen LogP contribution in [0.25, 0.3) is 11.3 Å². The van der Waals surface area contributed by atoms with Crippen LogP contribution in [0.5, 0.6) is 0 Å². The molecule has 0 saturated heterocycles. The Balaban J connectivity index is 2.14. The van der Waals surface area contributed by atoms with Crippen molar-refractivity contribution in [3.05, 3.63) is 40.7 Å². The van der Waals surface area contributed by atoms with Gasteiger partial charge in [-0.3, -0.25) is 5.32 Å². The summed E-state index contributed by atoms with van der Waals surface area (Å²) in [7, 11) is 0. The van der Waals surface area contributed by atoms with Crippen molar-refractivity contribution in [3.8, 4) is 17.3 Å². The zero-order chi connectivity index (χ0) is 12.1. The Kier molecular flexibility index (Phi) is 3.86. The van der Waals surface area contributed by atoms with Crippen LogP contribution in [0, 0.1) is 11.3 Å². The van der Waals surface area contributed by atoms with E-state index >= 15 is 0 Å². The molecule has 1 heterocycles. The number of thiazole rings is 1. The third-order valence-corrected chi connectivity index (χ3v) is 3.48. The van der Waals surface area contributed by atoms with Gasteiger partial charge < -0.3 is 0 Å². The molecule has 17 heavy (non-hydrogen) atoms. The molecule has 4 heteroatoms. The highest BCUT2D eigenvalue weighted by atomic mass is 32.1. The maximum atomic E-state index is 8.52. The molecule has 1 unspecified atom stereocenters. The Morgan fingerprint density at radius 2 is 2.18 bits per heavy atom. The Bertz CT molecular complexity index is 513. The van der Waals surface area contributed by atoms with Crippen LogP contribution in [0.4, 0.5) is 0 Å². The molecule has 86 valence electrons. The molecule has 1 atom stereocenters. The van der Waals surface area contributed by atoms with Crippen molar-refractivity contribution in [2.45, 2.75) is 13.0 Å². The van der Waals surface area contributed by atoms with Gasteiger partial charge in [-0.15, -0.1) is 11.3 Å². The number of nitriles is 1. The molecule has 3 nitrogen and oxygen atoms in total.